The molecule has 1 aliphatic rings. The number of nitrogens with zero attached hydrogens (tertiary/aromatic N) is 2. The van der Waals surface area contributed by atoms with Gasteiger partial charge in [-0.1, -0.05) is 6.92 Å². The Bertz CT molecular complexity index is 320. The predicted molar refractivity (Wildman–Crippen MR) is 51.3 cm³/mol. The van der Waals surface area contributed by atoms with E-state index in [1.165, 1.54) is 11.3 Å². The second kappa shape index (κ2) is 3.42. The Kier molecular flexibility index (Phi) is 2.27. The smallest absolute Gasteiger partial charge is 0.128 e. The summed E-state index contributed by atoms with van der Waals surface area (Å²) in [7, 11) is 0. The average molecular weight is 177 g/mol. The van der Waals surface area contributed by atoms with E-state index in [0.717, 1.165) is 37.4 Å². The van der Waals surface area contributed by atoms with Crippen LogP contribution in [0.25, 0.3) is 0 Å². The molecule has 0 aromatic carbocycles. The van der Waals surface area contributed by atoms with Gasteiger partial charge in [0.25, 0.3) is 0 Å². The molecule has 0 saturated carbocycles. The summed E-state index contributed by atoms with van der Waals surface area (Å²) in [6.07, 6.45) is 2.11. The lowest BCUT2D eigenvalue weighted by atomic mass is 10.2. The molecule has 0 aliphatic carbocycles. The van der Waals surface area contributed by atoms with Crippen LogP contribution in [0.2, 0.25) is 0 Å². The first-order valence-corrected chi connectivity index (χ1v) is 4.87. The molecule has 0 atom stereocenters. The maximum absolute atomic E-state index is 4.53. The van der Waals surface area contributed by atoms with Crippen LogP contribution in [0.3, 0.4) is 0 Å². The van der Waals surface area contributed by atoms with Crippen molar-refractivity contribution >= 4 is 0 Å². The number of hydrogen-bond acceptors (Lipinski definition) is 3. The van der Waals surface area contributed by atoms with Crippen LogP contribution in [0.5, 0.6) is 0 Å². The highest BCUT2D eigenvalue weighted by molar-refractivity contribution is 5.28. The fourth-order valence-corrected chi connectivity index (χ4v) is 1.74. The van der Waals surface area contributed by atoms with E-state index in [1.54, 1.807) is 0 Å². The third-order valence-corrected chi connectivity index (χ3v) is 2.41. The lowest BCUT2D eigenvalue weighted by Gasteiger charge is -2.04. The Labute approximate surface area is 78.6 Å². The van der Waals surface area contributed by atoms with E-state index in [4.69, 9.17) is 0 Å². The number of hydrogen-bond donors (Lipinski definition) is 1. The molecule has 0 bridgehead atoms. The molecule has 0 saturated heterocycles. The third-order valence-electron chi connectivity index (χ3n) is 2.41. The van der Waals surface area contributed by atoms with Gasteiger partial charge >= 0.3 is 0 Å². The Hall–Kier alpha value is -0.960. The standard InChI is InChI=1S/C10H15N3/c1-3-4-10-12-7(2)8-5-11-6-9(8)13-10/h11H,3-6H2,1-2H3. The van der Waals surface area contributed by atoms with E-state index in [9.17, 15) is 0 Å². The zero-order chi connectivity index (χ0) is 9.26. The normalized spacial score (nSPS) is 14.6. The quantitative estimate of drug-likeness (QED) is 0.740. The third kappa shape index (κ3) is 1.56. The monoisotopic (exact) mass is 177 g/mol. The molecule has 1 aromatic rings. The molecule has 0 unspecified atom stereocenters. The zero-order valence-electron chi connectivity index (χ0n) is 8.22. The number of fused-ring (bicyclic) bond motifs is 1. The van der Waals surface area contributed by atoms with Crippen LogP contribution in [0.15, 0.2) is 0 Å². The number of rotatable bonds is 2. The summed E-state index contributed by atoms with van der Waals surface area (Å²) in [5, 5.41) is 3.30. The summed E-state index contributed by atoms with van der Waals surface area (Å²) in [4.78, 5) is 9.01. The summed E-state index contributed by atoms with van der Waals surface area (Å²) in [6.45, 7) is 6.08. The van der Waals surface area contributed by atoms with Crippen LogP contribution in [-0.4, -0.2) is 9.97 Å². The maximum atomic E-state index is 4.53. The highest BCUT2D eigenvalue weighted by atomic mass is 15.0. The van der Waals surface area contributed by atoms with Crippen LogP contribution in [0, 0.1) is 6.92 Å². The van der Waals surface area contributed by atoms with E-state index in [-0.39, 0.29) is 0 Å². The van der Waals surface area contributed by atoms with E-state index < -0.39 is 0 Å². The Morgan fingerprint density at radius 3 is 2.92 bits per heavy atom. The Morgan fingerprint density at radius 1 is 1.31 bits per heavy atom. The van der Waals surface area contributed by atoms with Gasteiger partial charge in [-0.15, -0.1) is 0 Å². The summed E-state index contributed by atoms with van der Waals surface area (Å²) < 4.78 is 0. The molecule has 13 heavy (non-hydrogen) atoms. The largest absolute Gasteiger partial charge is 0.307 e. The van der Waals surface area contributed by atoms with Gasteiger partial charge in [-0.2, -0.15) is 0 Å². The van der Waals surface area contributed by atoms with E-state index in [1.807, 2.05) is 0 Å². The fraction of sp³-hybridized carbons (Fsp3) is 0.600. The molecule has 1 aliphatic heterocycles. The first-order chi connectivity index (χ1) is 6.31. The molecular formula is C10H15N3. The van der Waals surface area contributed by atoms with Gasteiger partial charge < -0.3 is 5.32 Å². The highest BCUT2D eigenvalue weighted by Gasteiger charge is 2.15. The molecule has 0 spiro atoms. The molecule has 3 heteroatoms. The van der Waals surface area contributed by atoms with Crippen molar-refractivity contribution in [1.29, 1.82) is 0 Å². The Balaban J connectivity index is 2.37. The summed E-state index contributed by atoms with van der Waals surface area (Å²) in [6, 6.07) is 0. The Morgan fingerprint density at radius 2 is 2.15 bits per heavy atom. The van der Waals surface area contributed by atoms with Gasteiger partial charge in [-0.3, -0.25) is 0 Å². The van der Waals surface area contributed by atoms with E-state index in [0.29, 0.717) is 0 Å². The summed E-state index contributed by atoms with van der Waals surface area (Å²) in [5.41, 5.74) is 3.66. The fourth-order valence-electron chi connectivity index (χ4n) is 1.74. The maximum Gasteiger partial charge on any atom is 0.128 e. The number of aryl methyl sites for hydroxylation is 2. The van der Waals surface area contributed by atoms with Crippen LogP contribution < -0.4 is 5.32 Å². The van der Waals surface area contributed by atoms with Crippen molar-refractivity contribution in [2.24, 2.45) is 0 Å². The van der Waals surface area contributed by atoms with Gasteiger partial charge in [0.15, 0.2) is 0 Å². The van der Waals surface area contributed by atoms with Crippen molar-refractivity contribution in [2.45, 2.75) is 39.8 Å². The second-order valence-electron chi connectivity index (χ2n) is 3.50. The SMILES string of the molecule is CCCc1nc(C)c2c(n1)CNC2. The molecule has 0 radical (unpaired) electrons. The number of aromatic nitrogens is 2. The lowest BCUT2D eigenvalue weighted by molar-refractivity contribution is 0.753. The minimum absolute atomic E-state index is 0.912. The van der Waals surface area contributed by atoms with Crippen molar-refractivity contribution in [3.8, 4) is 0 Å². The first-order valence-electron chi connectivity index (χ1n) is 4.87. The van der Waals surface area contributed by atoms with Crippen molar-refractivity contribution < 1.29 is 0 Å². The summed E-state index contributed by atoms with van der Waals surface area (Å²) in [5.74, 6) is 1.00. The van der Waals surface area contributed by atoms with Crippen molar-refractivity contribution in [1.82, 2.24) is 15.3 Å². The highest BCUT2D eigenvalue weighted by Crippen LogP contribution is 2.16. The van der Waals surface area contributed by atoms with Gasteiger partial charge in [0.05, 0.1) is 5.69 Å². The summed E-state index contributed by atoms with van der Waals surface area (Å²) >= 11 is 0. The van der Waals surface area contributed by atoms with E-state index >= 15 is 0 Å². The minimum Gasteiger partial charge on any atom is -0.307 e. The van der Waals surface area contributed by atoms with Crippen LogP contribution in [0.1, 0.15) is 36.1 Å². The van der Waals surface area contributed by atoms with Gasteiger partial charge in [0.1, 0.15) is 5.82 Å². The average Bonchev–Trinajstić information content (AvgIpc) is 2.53. The topological polar surface area (TPSA) is 37.8 Å². The van der Waals surface area contributed by atoms with Gasteiger partial charge in [0.2, 0.25) is 0 Å². The van der Waals surface area contributed by atoms with Crippen molar-refractivity contribution in [3.63, 3.8) is 0 Å². The molecule has 0 fully saturated rings. The number of nitrogens with one attached hydrogen (secondary N) is 1. The predicted octanol–water partition coefficient (Wildman–Crippen LogP) is 1.34. The molecule has 0 amide bonds. The van der Waals surface area contributed by atoms with E-state index in [2.05, 4.69) is 29.1 Å². The van der Waals surface area contributed by atoms with Crippen molar-refractivity contribution in [2.75, 3.05) is 0 Å². The first kappa shape index (κ1) is 8.63. The van der Waals surface area contributed by atoms with Crippen LogP contribution in [-0.2, 0) is 19.5 Å². The van der Waals surface area contributed by atoms with Gasteiger partial charge in [0, 0.05) is 30.8 Å². The molecular weight excluding hydrogens is 162 g/mol. The van der Waals surface area contributed by atoms with Gasteiger partial charge in [-0.25, -0.2) is 9.97 Å². The molecule has 2 heterocycles. The second-order valence-corrected chi connectivity index (χ2v) is 3.50. The molecule has 70 valence electrons. The zero-order valence-corrected chi connectivity index (χ0v) is 8.22. The molecule has 3 nitrogen and oxygen atoms in total. The minimum atomic E-state index is 0.912. The van der Waals surface area contributed by atoms with Crippen LogP contribution >= 0.6 is 0 Å². The van der Waals surface area contributed by atoms with Crippen LogP contribution in [0.4, 0.5) is 0 Å². The molecule has 1 N–H and O–H groups in total. The lowest BCUT2D eigenvalue weighted by Crippen LogP contribution is -2.02. The van der Waals surface area contributed by atoms with Crippen molar-refractivity contribution in [3.05, 3.63) is 22.8 Å². The van der Waals surface area contributed by atoms with Gasteiger partial charge in [-0.05, 0) is 13.3 Å². The molecule has 1 aromatic heterocycles. The molecule has 2 rings (SSSR count).